The summed E-state index contributed by atoms with van der Waals surface area (Å²) in [4.78, 5) is 0. The van der Waals surface area contributed by atoms with Crippen LogP contribution in [0.3, 0.4) is 0 Å². The second kappa shape index (κ2) is 11.9. The number of rotatable bonds is 13. The maximum absolute atomic E-state index is 6.65. The molecule has 5 unspecified atom stereocenters. The van der Waals surface area contributed by atoms with Gasteiger partial charge in [-0.2, -0.15) is 5.84 Å². The highest BCUT2D eigenvalue weighted by Crippen LogP contribution is 2.34. The van der Waals surface area contributed by atoms with Gasteiger partial charge in [-0.3, -0.25) is 0 Å². The van der Waals surface area contributed by atoms with Crippen molar-refractivity contribution < 1.29 is 4.59 Å². The zero-order chi connectivity index (χ0) is 18.8. The Balaban J connectivity index is 4.90. The van der Waals surface area contributed by atoms with Crippen LogP contribution >= 0.6 is 0 Å². The van der Waals surface area contributed by atoms with E-state index in [-0.39, 0.29) is 5.92 Å². The van der Waals surface area contributed by atoms with Crippen LogP contribution in [0.4, 0.5) is 0 Å². The largest absolute Gasteiger partial charge is 0.248 e. The lowest BCUT2D eigenvalue weighted by atomic mass is 9.75. The first-order chi connectivity index (χ1) is 11.2. The maximum atomic E-state index is 6.65. The summed E-state index contributed by atoms with van der Waals surface area (Å²) in [5.41, 5.74) is 0. The molecule has 0 aliphatic carbocycles. The second-order valence-corrected chi connectivity index (χ2v) is 8.56. The van der Waals surface area contributed by atoms with E-state index in [2.05, 4.69) is 54.5 Å². The number of nitrogens with two attached hydrogens (primary N) is 1. The molecule has 0 aromatic carbocycles. The zero-order valence-corrected chi connectivity index (χ0v) is 17.6. The molecule has 0 fully saturated rings. The molecule has 0 aromatic rings. The molecular formula is C22H45N2+. The predicted octanol–water partition coefficient (Wildman–Crippen LogP) is 5.62. The van der Waals surface area contributed by atoms with E-state index < -0.39 is 0 Å². The van der Waals surface area contributed by atoms with E-state index in [4.69, 9.17) is 12.3 Å². The molecule has 0 aliphatic rings. The average Bonchev–Trinajstić information content (AvgIpc) is 2.52. The van der Waals surface area contributed by atoms with Gasteiger partial charge in [0.15, 0.2) is 0 Å². The van der Waals surface area contributed by atoms with Crippen molar-refractivity contribution >= 4 is 0 Å². The van der Waals surface area contributed by atoms with Crippen molar-refractivity contribution in [1.82, 2.24) is 0 Å². The Morgan fingerprint density at radius 3 is 2.04 bits per heavy atom. The van der Waals surface area contributed by atoms with E-state index in [1.807, 2.05) is 0 Å². The Kier molecular flexibility index (Phi) is 11.7. The molecule has 0 aliphatic heterocycles. The molecule has 0 aromatic heterocycles. The molecule has 0 amide bonds. The summed E-state index contributed by atoms with van der Waals surface area (Å²) in [6.07, 6.45) is 15.2. The quantitative estimate of drug-likeness (QED) is 0.152. The first kappa shape index (κ1) is 23.5. The number of hydrogen-bond donors (Lipinski definition) is 1. The van der Waals surface area contributed by atoms with E-state index >= 15 is 0 Å². The van der Waals surface area contributed by atoms with E-state index in [1.165, 1.54) is 44.9 Å². The molecule has 0 radical (unpaired) electrons. The van der Waals surface area contributed by atoms with Gasteiger partial charge in [0, 0.05) is 17.8 Å². The number of terminal acetylenes is 1. The van der Waals surface area contributed by atoms with E-state index in [1.54, 1.807) is 0 Å². The predicted molar refractivity (Wildman–Crippen MR) is 108 cm³/mol. The minimum absolute atomic E-state index is 0.285. The van der Waals surface area contributed by atoms with Gasteiger partial charge in [0.2, 0.25) is 0 Å². The van der Waals surface area contributed by atoms with Crippen LogP contribution in [0.25, 0.3) is 0 Å². The lowest BCUT2D eigenvalue weighted by Gasteiger charge is -2.44. The summed E-state index contributed by atoms with van der Waals surface area (Å²) < 4.78 is 0.581. The first-order valence-electron chi connectivity index (χ1n) is 10.3. The molecule has 0 spiro atoms. The molecular weight excluding hydrogens is 292 g/mol. The van der Waals surface area contributed by atoms with Crippen molar-refractivity contribution in [3.8, 4) is 12.3 Å². The monoisotopic (exact) mass is 337 g/mol. The highest BCUT2D eigenvalue weighted by atomic mass is 15.6. The van der Waals surface area contributed by atoms with Crippen molar-refractivity contribution in [2.75, 3.05) is 13.6 Å². The third-order valence-electron chi connectivity index (χ3n) is 5.86. The van der Waals surface area contributed by atoms with Crippen LogP contribution in [0.5, 0.6) is 0 Å². The molecule has 2 nitrogen and oxygen atoms in total. The van der Waals surface area contributed by atoms with Gasteiger partial charge in [-0.25, -0.2) is 4.59 Å². The zero-order valence-electron chi connectivity index (χ0n) is 17.6. The SMILES string of the molecule is C#CC(C)C(CC(C)CCCCCCC)C(C(C)C)[N+](C)(N)CC. The minimum Gasteiger partial charge on any atom is -0.248 e. The van der Waals surface area contributed by atoms with Crippen LogP contribution in [-0.4, -0.2) is 24.2 Å². The summed E-state index contributed by atoms with van der Waals surface area (Å²) in [5.74, 6) is 11.7. The van der Waals surface area contributed by atoms with Crippen molar-refractivity contribution in [1.29, 1.82) is 0 Å². The number of unbranched alkanes of at least 4 members (excludes halogenated alkanes) is 4. The summed E-state index contributed by atoms with van der Waals surface area (Å²) in [5, 5.41) is 0. The number of quaternary nitrogens is 1. The molecule has 142 valence electrons. The normalized spacial score (nSPS) is 19.3. The van der Waals surface area contributed by atoms with Gasteiger partial charge in [-0.1, -0.05) is 73.1 Å². The molecule has 5 atom stereocenters. The fourth-order valence-corrected chi connectivity index (χ4v) is 4.27. The van der Waals surface area contributed by atoms with Gasteiger partial charge in [0.1, 0.15) is 6.04 Å². The first-order valence-corrected chi connectivity index (χ1v) is 10.3. The lowest BCUT2D eigenvalue weighted by Crippen LogP contribution is -2.63. The molecule has 0 rings (SSSR count). The third-order valence-corrected chi connectivity index (χ3v) is 5.86. The van der Waals surface area contributed by atoms with Gasteiger partial charge in [0.25, 0.3) is 0 Å². The highest BCUT2D eigenvalue weighted by Gasteiger charge is 2.40. The van der Waals surface area contributed by atoms with Crippen molar-refractivity contribution in [2.45, 2.75) is 92.5 Å². The average molecular weight is 338 g/mol. The summed E-state index contributed by atoms with van der Waals surface area (Å²) >= 11 is 0. The Bertz CT molecular complexity index is 353. The van der Waals surface area contributed by atoms with Crippen LogP contribution in [0.15, 0.2) is 0 Å². The van der Waals surface area contributed by atoms with Crippen molar-refractivity contribution in [2.24, 2.45) is 29.5 Å². The molecule has 24 heavy (non-hydrogen) atoms. The van der Waals surface area contributed by atoms with Crippen molar-refractivity contribution in [3.63, 3.8) is 0 Å². The minimum atomic E-state index is 0.285. The Morgan fingerprint density at radius 2 is 1.58 bits per heavy atom. The van der Waals surface area contributed by atoms with Crippen LogP contribution in [0, 0.1) is 36.0 Å². The Labute approximate surface area is 153 Å². The molecule has 2 heteroatoms. The topological polar surface area (TPSA) is 26.0 Å². The lowest BCUT2D eigenvalue weighted by molar-refractivity contribution is -0.951. The summed E-state index contributed by atoms with van der Waals surface area (Å²) in [6.45, 7) is 14.6. The van der Waals surface area contributed by atoms with Crippen LogP contribution in [0.1, 0.15) is 86.5 Å². The Hall–Kier alpha value is -0.520. The summed E-state index contributed by atoms with van der Waals surface area (Å²) in [6, 6.07) is 0.420. The molecule has 0 saturated heterocycles. The molecule has 0 heterocycles. The van der Waals surface area contributed by atoms with Crippen LogP contribution in [-0.2, 0) is 0 Å². The van der Waals surface area contributed by atoms with Gasteiger partial charge in [0.05, 0.1) is 13.6 Å². The number of nitrogens with zero attached hydrogens (tertiary/aromatic N) is 1. The smallest absolute Gasteiger partial charge is 0.112 e. The maximum Gasteiger partial charge on any atom is 0.112 e. The van der Waals surface area contributed by atoms with E-state index in [9.17, 15) is 0 Å². The fourth-order valence-electron chi connectivity index (χ4n) is 4.27. The molecule has 0 saturated carbocycles. The second-order valence-electron chi connectivity index (χ2n) is 8.56. The summed E-state index contributed by atoms with van der Waals surface area (Å²) in [7, 11) is 2.16. The number of hydrogen-bond acceptors (Lipinski definition) is 1. The standard InChI is InChI=1S/C22H45N2/c1-9-12-13-14-15-16-19(6)17-21(20(7)10-2)22(18(4)5)24(8,23)11-3/h2,18-22H,9,11-17,23H2,1,3-8H3/q+1. The van der Waals surface area contributed by atoms with Gasteiger partial charge < -0.3 is 0 Å². The highest BCUT2D eigenvalue weighted by molar-refractivity contribution is 4.97. The molecule has 0 bridgehead atoms. The van der Waals surface area contributed by atoms with E-state index in [0.29, 0.717) is 22.5 Å². The third kappa shape index (κ3) is 8.04. The van der Waals surface area contributed by atoms with Gasteiger partial charge in [-0.15, -0.1) is 12.3 Å². The van der Waals surface area contributed by atoms with Crippen LogP contribution in [0.2, 0.25) is 0 Å². The van der Waals surface area contributed by atoms with Crippen molar-refractivity contribution in [3.05, 3.63) is 0 Å². The van der Waals surface area contributed by atoms with Crippen LogP contribution < -0.4 is 5.84 Å². The fraction of sp³-hybridized carbons (Fsp3) is 0.909. The molecule has 2 N–H and O–H groups in total. The van der Waals surface area contributed by atoms with Gasteiger partial charge in [-0.05, 0) is 19.3 Å². The van der Waals surface area contributed by atoms with Gasteiger partial charge >= 0.3 is 0 Å². The van der Waals surface area contributed by atoms with E-state index in [0.717, 1.165) is 12.5 Å². The Morgan fingerprint density at radius 1 is 1.00 bits per heavy atom.